The predicted molar refractivity (Wildman–Crippen MR) is 73.2 cm³/mol. The Balaban J connectivity index is 4.33. The Bertz CT molecular complexity index is 172. The topological polar surface area (TPSA) is 30.5 Å². The second kappa shape index (κ2) is 8.90. The van der Waals surface area contributed by atoms with E-state index in [2.05, 4.69) is 33.0 Å². The van der Waals surface area contributed by atoms with Gasteiger partial charge in [-0.15, -0.1) is 0 Å². The lowest BCUT2D eigenvalue weighted by Gasteiger charge is -2.29. The molecule has 1 N–H and O–H groups in total. The SMILES string of the molecule is CCNC(CCC(C)(C)C)C(OCC)OCC. The summed E-state index contributed by atoms with van der Waals surface area (Å²) in [5, 5.41) is 3.47. The van der Waals surface area contributed by atoms with Crippen molar-refractivity contribution in [1.82, 2.24) is 5.32 Å². The molecule has 1 atom stereocenters. The molecule has 0 aromatic carbocycles. The normalized spacial score (nSPS) is 14.3. The van der Waals surface area contributed by atoms with Crippen LogP contribution in [0.3, 0.4) is 0 Å². The molecule has 0 spiro atoms. The molecule has 0 fully saturated rings. The Labute approximate surface area is 107 Å². The first kappa shape index (κ1) is 16.9. The van der Waals surface area contributed by atoms with Crippen LogP contribution in [0.2, 0.25) is 0 Å². The Morgan fingerprint density at radius 2 is 1.53 bits per heavy atom. The monoisotopic (exact) mass is 245 g/mol. The number of rotatable bonds is 9. The van der Waals surface area contributed by atoms with Gasteiger partial charge in [0.05, 0.1) is 6.04 Å². The Kier molecular flexibility index (Phi) is 8.83. The molecule has 3 nitrogen and oxygen atoms in total. The molecule has 0 bridgehead atoms. The Morgan fingerprint density at radius 3 is 1.88 bits per heavy atom. The standard InChI is InChI=1S/C14H31NO2/c1-7-15-12(10-11-14(4,5)6)13(16-8-2)17-9-3/h12-13,15H,7-11H2,1-6H3. The van der Waals surface area contributed by atoms with Gasteiger partial charge in [-0.2, -0.15) is 0 Å². The fourth-order valence-corrected chi connectivity index (χ4v) is 1.79. The van der Waals surface area contributed by atoms with Crippen LogP contribution >= 0.6 is 0 Å². The molecule has 0 aromatic rings. The van der Waals surface area contributed by atoms with E-state index >= 15 is 0 Å². The van der Waals surface area contributed by atoms with Crippen molar-refractivity contribution in [3.8, 4) is 0 Å². The molecule has 3 heteroatoms. The highest BCUT2D eigenvalue weighted by molar-refractivity contribution is 4.74. The van der Waals surface area contributed by atoms with Gasteiger partial charge in [0.2, 0.25) is 0 Å². The number of hydrogen-bond donors (Lipinski definition) is 1. The third-order valence-electron chi connectivity index (χ3n) is 2.66. The fourth-order valence-electron chi connectivity index (χ4n) is 1.79. The van der Waals surface area contributed by atoms with Crippen LogP contribution in [0.25, 0.3) is 0 Å². The maximum absolute atomic E-state index is 5.68. The lowest BCUT2D eigenvalue weighted by molar-refractivity contribution is -0.155. The molecule has 17 heavy (non-hydrogen) atoms. The van der Waals surface area contributed by atoms with Crippen molar-refractivity contribution in [2.24, 2.45) is 5.41 Å². The lowest BCUT2D eigenvalue weighted by Crippen LogP contribution is -2.43. The molecule has 0 radical (unpaired) electrons. The molecule has 0 aromatic heterocycles. The first-order chi connectivity index (χ1) is 7.94. The van der Waals surface area contributed by atoms with E-state index in [1.165, 1.54) is 6.42 Å². The average molecular weight is 245 g/mol. The van der Waals surface area contributed by atoms with Gasteiger partial charge in [0.15, 0.2) is 6.29 Å². The third-order valence-corrected chi connectivity index (χ3v) is 2.66. The van der Waals surface area contributed by atoms with E-state index in [1.54, 1.807) is 0 Å². The molecule has 0 saturated heterocycles. The molecule has 0 rings (SSSR count). The predicted octanol–water partition coefficient (Wildman–Crippen LogP) is 3.19. The smallest absolute Gasteiger partial charge is 0.172 e. The minimum Gasteiger partial charge on any atom is -0.351 e. The third kappa shape index (κ3) is 8.58. The maximum Gasteiger partial charge on any atom is 0.172 e. The summed E-state index contributed by atoms with van der Waals surface area (Å²) < 4.78 is 11.4. The first-order valence-electron chi connectivity index (χ1n) is 6.91. The summed E-state index contributed by atoms with van der Waals surface area (Å²) in [4.78, 5) is 0. The fraction of sp³-hybridized carbons (Fsp3) is 1.00. The van der Waals surface area contributed by atoms with E-state index in [9.17, 15) is 0 Å². The lowest BCUT2D eigenvalue weighted by atomic mass is 9.88. The van der Waals surface area contributed by atoms with Gasteiger partial charge >= 0.3 is 0 Å². The molecule has 0 aliphatic rings. The molecule has 0 aliphatic heterocycles. The van der Waals surface area contributed by atoms with Crippen molar-refractivity contribution in [3.63, 3.8) is 0 Å². The van der Waals surface area contributed by atoms with Crippen molar-refractivity contribution >= 4 is 0 Å². The van der Waals surface area contributed by atoms with Crippen molar-refractivity contribution in [2.75, 3.05) is 19.8 Å². The second-order valence-corrected chi connectivity index (χ2v) is 5.54. The van der Waals surface area contributed by atoms with E-state index in [0.29, 0.717) is 24.7 Å². The summed E-state index contributed by atoms with van der Waals surface area (Å²) in [5.41, 5.74) is 0.358. The summed E-state index contributed by atoms with van der Waals surface area (Å²) >= 11 is 0. The van der Waals surface area contributed by atoms with Crippen LogP contribution in [0.1, 0.15) is 54.4 Å². The minimum absolute atomic E-state index is 0.118. The van der Waals surface area contributed by atoms with Crippen LogP contribution in [-0.4, -0.2) is 32.1 Å². The van der Waals surface area contributed by atoms with Gasteiger partial charge in [0.1, 0.15) is 0 Å². The summed E-state index contributed by atoms with van der Waals surface area (Å²) in [6.45, 7) is 15.3. The first-order valence-corrected chi connectivity index (χ1v) is 6.91. The highest BCUT2D eigenvalue weighted by Crippen LogP contribution is 2.23. The number of likely N-dealkylation sites (N-methyl/N-ethyl adjacent to an activating group) is 1. The Hall–Kier alpha value is -0.120. The van der Waals surface area contributed by atoms with E-state index in [0.717, 1.165) is 13.0 Å². The molecule has 104 valence electrons. The van der Waals surface area contributed by atoms with E-state index in [4.69, 9.17) is 9.47 Å². The molecule has 0 amide bonds. The summed E-state index contributed by atoms with van der Waals surface area (Å²) in [7, 11) is 0. The van der Waals surface area contributed by atoms with Gasteiger partial charge in [-0.1, -0.05) is 27.7 Å². The van der Waals surface area contributed by atoms with Crippen LogP contribution < -0.4 is 5.32 Å². The Morgan fingerprint density at radius 1 is 1.00 bits per heavy atom. The highest BCUT2D eigenvalue weighted by atomic mass is 16.7. The second-order valence-electron chi connectivity index (χ2n) is 5.54. The highest BCUT2D eigenvalue weighted by Gasteiger charge is 2.23. The largest absolute Gasteiger partial charge is 0.351 e. The zero-order valence-corrected chi connectivity index (χ0v) is 12.5. The van der Waals surface area contributed by atoms with Crippen molar-refractivity contribution in [2.45, 2.75) is 66.7 Å². The van der Waals surface area contributed by atoms with Crippen molar-refractivity contribution in [3.05, 3.63) is 0 Å². The van der Waals surface area contributed by atoms with E-state index < -0.39 is 0 Å². The number of hydrogen-bond acceptors (Lipinski definition) is 3. The van der Waals surface area contributed by atoms with Gasteiger partial charge in [0, 0.05) is 13.2 Å². The average Bonchev–Trinajstić information content (AvgIpc) is 2.23. The minimum atomic E-state index is -0.118. The van der Waals surface area contributed by atoms with Crippen LogP contribution in [0.4, 0.5) is 0 Å². The van der Waals surface area contributed by atoms with Gasteiger partial charge in [-0.3, -0.25) is 0 Å². The molecule has 0 saturated carbocycles. The number of nitrogens with one attached hydrogen (secondary N) is 1. The molecule has 0 aliphatic carbocycles. The molecule has 1 unspecified atom stereocenters. The summed E-state index contributed by atoms with van der Waals surface area (Å²) in [6, 6.07) is 0.291. The maximum atomic E-state index is 5.68. The molecule has 0 heterocycles. The zero-order chi connectivity index (χ0) is 13.3. The van der Waals surface area contributed by atoms with Crippen molar-refractivity contribution < 1.29 is 9.47 Å². The zero-order valence-electron chi connectivity index (χ0n) is 12.5. The van der Waals surface area contributed by atoms with Crippen LogP contribution in [0.15, 0.2) is 0 Å². The number of ether oxygens (including phenoxy) is 2. The van der Waals surface area contributed by atoms with E-state index in [1.807, 2.05) is 13.8 Å². The van der Waals surface area contributed by atoms with Crippen molar-refractivity contribution in [1.29, 1.82) is 0 Å². The van der Waals surface area contributed by atoms with E-state index in [-0.39, 0.29) is 6.29 Å². The summed E-state index contributed by atoms with van der Waals surface area (Å²) in [5.74, 6) is 0. The van der Waals surface area contributed by atoms with Crippen LogP contribution in [0, 0.1) is 5.41 Å². The summed E-state index contributed by atoms with van der Waals surface area (Å²) in [6.07, 6.45) is 2.14. The molecular formula is C14H31NO2. The van der Waals surface area contributed by atoms with Gasteiger partial charge in [-0.25, -0.2) is 0 Å². The quantitative estimate of drug-likeness (QED) is 0.633. The van der Waals surface area contributed by atoms with Gasteiger partial charge in [-0.05, 0) is 38.6 Å². The van der Waals surface area contributed by atoms with Gasteiger partial charge < -0.3 is 14.8 Å². The van der Waals surface area contributed by atoms with Crippen LogP contribution in [0.5, 0.6) is 0 Å². The van der Waals surface area contributed by atoms with Gasteiger partial charge in [0.25, 0.3) is 0 Å². The van der Waals surface area contributed by atoms with Crippen LogP contribution in [-0.2, 0) is 9.47 Å². The molecular weight excluding hydrogens is 214 g/mol.